The van der Waals surface area contributed by atoms with E-state index in [4.69, 9.17) is 9.72 Å². The maximum atomic E-state index is 13.9. The van der Waals surface area contributed by atoms with Gasteiger partial charge in [0, 0.05) is 45.3 Å². The number of rotatable bonds is 7. The number of benzene rings is 1. The van der Waals surface area contributed by atoms with Crippen molar-refractivity contribution >= 4 is 23.5 Å². The summed E-state index contributed by atoms with van der Waals surface area (Å²) in [4.78, 5) is 43.5. The first-order valence-electron chi connectivity index (χ1n) is 14.2. The molecule has 0 radical (unpaired) electrons. The van der Waals surface area contributed by atoms with Gasteiger partial charge in [0.15, 0.2) is 0 Å². The minimum absolute atomic E-state index is 0.103. The van der Waals surface area contributed by atoms with Crippen molar-refractivity contribution in [1.82, 2.24) is 19.9 Å². The third-order valence-corrected chi connectivity index (χ3v) is 8.07. The predicted octanol–water partition coefficient (Wildman–Crippen LogP) is 4.57. The molecule has 2 aliphatic rings. The zero-order valence-electron chi connectivity index (χ0n) is 24.5. The van der Waals surface area contributed by atoms with Gasteiger partial charge >= 0.3 is 5.97 Å². The normalized spacial score (nSPS) is 17.3. The molecule has 1 aromatic carbocycles. The largest absolute Gasteiger partial charge is 0.478 e. The molecule has 0 spiro atoms. The van der Waals surface area contributed by atoms with E-state index in [1.54, 1.807) is 32.0 Å². The van der Waals surface area contributed by atoms with Gasteiger partial charge in [-0.1, -0.05) is 12.1 Å². The fourth-order valence-electron chi connectivity index (χ4n) is 5.85. The third-order valence-electron chi connectivity index (χ3n) is 8.07. The van der Waals surface area contributed by atoms with Gasteiger partial charge in [0.25, 0.3) is 5.91 Å². The van der Waals surface area contributed by atoms with E-state index in [2.05, 4.69) is 20.2 Å². The van der Waals surface area contributed by atoms with Crippen molar-refractivity contribution in [3.8, 4) is 0 Å². The number of aromatic nitrogens is 3. The molecule has 0 bridgehead atoms. The Hall–Kier alpha value is -4.12. The van der Waals surface area contributed by atoms with Crippen LogP contribution in [0, 0.1) is 19.7 Å². The summed E-state index contributed by atoms with van der Waals surface area (Å²) in [6.45, 7) is 10.7. The van der Waals surface area contributed by atoms with Crippen LogP contribution in [0.2, 0.25) is 0 Å². The smallest absolute Gasteiger partial charge is 0.337 e. The van der Waals surface area contributed by atoms with Crippen molar-refractivity contribution in [1.29, 1.82) is 0 Å². The van der Waals surface area contributed by atoms with Gasteiger partial charge < -0.3 is 25.0 Å². The number of hydrogen-bond acceptors (Lipinski definition) is 8. The standard InChI is InChI=1S/C31H37FN6O4/c1-19-15-25(35-20(2)26(19)30(40)41)37-11-12-38(31(3,4)18-37)29(39)24-17-34-28(27(36-24)22-9-13-42-14-10-22)33-16-21-5-7-23(32)8-6-21/h5-8,15,17,22H,9-14,16,18H2,1-4H3,(H,33,34)(H,40,41). The van der Waals surface area contributed by atoms with E-state index in [1.807, 2.05) is 18.7 Å². The summed E-state index contributed by atoms with van der Waals surface area (Å²) in [5, 5.41) is 12.9. The second-order valence-electron chi connectivity index (χ2n) is 11.6. The van der Waals surface area contributed by atoms with Crippen LogP contribution in [-0.2, 0) is 11.3 Å². The van der Waals surface area contributed by atoms with Crippen molar-refractivity contribution in [2.24, 2.45) is 0 Å². The number of amides is 1. The first-order chi connectivity index (χ1) is 20.0. The van der Waals surface area contributed by atoms with Crippen LogP contribution in [0.1, 0.15) is 76.0 Å². The van der Waals surface area contributed by atoms with Gasteiger partial charge in [-0.15, -0.1) is 0 Å². The average molecular weight is 577 g/mol. The Balaban J connectivity index is 1.36. The average Bonchev–Trinajstić information content (AvgIpc) is 2.96. The molecule has 42 heavy (non-hydrogen) atoms. The van der Waals surface area contributed by atoms with Crippen LogP contribution in [0.4, 0.5) is 16.0 Å². The summed E-state index contributed by atoms with van der Waals surface area (Å²) in [5.74, 6) is -0.0387. The number of carboxylic acid groups (broad SMARTS) is 1. The maximum absolute atomic E-state index is 13.9. The first-order valence-corrected chi connectivity index (χ1v) is 14.2. The van der Waals surface area contributed by atoms with Gasteiger partial charge in [-0.05, 0) is 69.9 Å². The SMILES string of the molecule is Cc1cc(N2CCN(C(=O)c3cnc(NCc4ccc(F)cc4)c(C4CCOCC4)n3)C(C)(C)C2)nc(C)c1C(=O)O. The Kier molecular flexibility index (Phi) is 8.40. The van der Waals surface area contributed by atoms with Crippen LogP contribution in [0.25, 0.3) is 0 Å². The molecule has 0 unspecified atom stereocenters. The second kappa shape index (κ2) is 12.0. The molecule has 5 rings (SSSR count). The molecule has 10 nitrogen and oxygen atoms in total. The molecular formula is C31H37FN6O4. The molecule has 222 valence electrons. The van der Waals surface area contributed by atoms with Crippen LogP contribution in [0.3, 0.4) is 0 Å². The van der Waals surface area contributed by atoms with E-state index in [0.717, 1.165) is 24.1 Å². The minimum atomic E-state index is -0.988. The van der Waals surface area contributed by atoms with Gasteiger partial charge in [-0.2, -0.15) is 0 Å². The lowest BCUT2D eigenvalue weighted by Crippen LogP contribution is -2.61. The van der Waals surface area contributed by atoms with E-state index in [-0.39, 0.29) is 23.2 Å². The van der Waals surface area contributed by atoms with Crippen LogP contribution in [0.5, 0.6) is 0 Å². The third kappa shape index (κ3) is 6.20. The van der Waals surface area contributed by atoms with Crippen molar-refractivity contribution in [2.75, 3.05) is 43.1 Å². The van der Waals surface area contributed by atoms with Gasteiger partial charge in [0.05, 0.1) is 28.7 Å². The van der Waals surface area contributed by atoms with E-state index >= 15 is 0 Å². The van der Waals surface area contributed by atoms with Crippen LogP contribution in [0.15, 0.2) is 36.5 Å². The van der Waals surface area contributed by atoms with Crippen LogP contribution >= 0.6 is 0 Å². The molecule has 0 atom stereocenters. The fourth-order valence-corrected chi connectivity index (χ4v) is 5.85. The predicted molar refractivity (Wildman–Crippen MR) is 157 cm³/mol. The number of carbonyl (C=O) groups is 2. The lowest BCUT2D eigenvalue weighted by molar-refractivity contribution is 0.0505. The number of carboxylic acids is 1. The zero-order chi connectivity index (χ0) is 30.0. The van der Waals surface area contributed by atoms with Crippen LogP contribution in [-0.4, -0.2) is 75.2 Å². The number of ether oxygens (including phenoxy) is 1. The van der Waals surface area contributed by atoms with Crippen molar-refractivity contribution < 1.29 is 23.8 Å². The molecule has 2 aromatic heterocycles. The van der Waals surface area contributed by atoms with Crippen LogP contribution < -0.4 is 10.2 Å². The maximum Gasteiger partial charge on any atom is 0.337 e. The summed E-state index contributed by atoms with van der Waals surface area (Å²) >= 11 is 0. The number of aromatic carboxylic acids is 1. The van der Waals surface area contributed by atoms with Gasteiger partial charge in [0.1, 0.15) is 23.1 Å². The Morgan fingerprint density at radius 1 is 1.12 bits per heavy atom. The summed E-state index contributed by atoms with van der Waals surface area (Å²) in [7, 11) is 0. The molecule has 2 aliphatic heterocycles. The highest BCUT2D eigenvalue weighted by Crippen LogP contribution is 2.32. The van der Waals surface area contributed by atoms with E-state index < -0.39 is 11.5 Å². The number of anilines is 2. The summed E-state index contributed by atoms with van der Waals surface area (Å²) < 4.78 is 18.9. The fraction of sp³-hybridized carbons (Fsp3) is 0.452. The number of piperazine rings is 1. The summed E-state index contributed by atoms with van der Waals surface area (Å²) in [6, 6.07) is 8.10. The van der Waals surface area contributed by atoms with Gasteiger partial charge in [-0.25, -0.2) is 24.1 Å². The second-order valence-corrected chi connectivity index (χ2v) is 11.6. The quantitative estimate of drug-likeness (QED) is 0.417. The Bertz CT molecular complexity index is 1450. The van der Waals surface area contributed by atoms with Crippen molar-refractivity contribution in [2.45, 2.75) is 58.5 Å². The van der Waals surface area contributed by atoms with Gasteiger partial charge in [0.2, 0.25) is 0 Å². The van der Waals surface area contributed by atoms with Gasteiger partial charge in [-0.3, -0.25) is 4.79 Å². The Morgan fingerprint density at radius 3 is 2.48 bits per heavy atom. The number of aryl methyl sites for hydroxylation is 2. The number of nitrogens with zero attached hydrogens (tertiary/aromatic N) is 5. The highest BCUT2D eigenvalue weighted by atomic mass is 19.1. The van der Waals surface area contributed by atoms with Crippen molar-refractivity contribution in [3.05, 3.63) is 76.1 Å². The Labute approximate surface area is 244 Å². The molecule has 11 heteroatoms. The number of carbonyl (C=O) groups excluding carboxylic acids is 1. The molecular weight excluding hydrogens is 539 g/mol. The topological polar surface area (TPSA) is 121 Å². The van der Waals surface area contributed by atoms with Crippen molar-refractivity contribution in [3.63, 3.8) is 0 Å². The number of hydrogen-bond donors (Lipinski definition) is 2. The number of halogens is 1. The summed E-state index contributed by atoms with van der Waals surface area (Å²) in [5.41, 5.74) is 2.75. The highest BCUT2D eigenvalue weighted by Gasteiger charge is 2.39. The number of pyridine rings is 1. The summed E-state index contributed by atoms with van der Waals surface area (Å²) in [6.07, 6.45) is 3.10. The molecule has 2 saturated heterocycles. The molecule has 1 amide bonds. The molecule has 0 aliphatic carbocycles. The molecule has 4 heterocycles. The highest BCUT2D eigenvalue weighted by molar-refractivity contribution is 5.93. The molecule has 2 fully saturated rings. The monoisotopic (exact) mass is 576 g/mol. The zero-order valence-corrected chi connectivity index (χ0v) is 24.5. The molecule has 0 saturated carbocycles. The first kappa shape index (κ1) is 29.4. The Morgan fingerprint density at radius 2 is 1.83 bits per heavy atom. The van der Waals surface area contributed by atoms with E-state index in [9.17, 15) is 19.1 Å². The lowest BCUT2D eigenvalue weighted by Gasteiger charge is -2.47. The molecule has 3 aromatic rings. The van der Waals surface area contributed by atoms with E-state index in [1.165, 1.54) is 18.3 Å². The molecule has 2 N–H and O–H groups in total. The van der Waals surface area contributed by atoms with E-state index in [0.29, 0.717) is 68.0 Å². The minimum Gasteiger partial charge on any atom is -0.478 e. The number of nitrogens with one attached hydrogen (secondary N) is 1. The lowest BCUT2D eigenvalue weighted by atomic mass is 9.95.